The molecule has 0 bridgehead atoms. The van der Waals surface area contributed by atoms with Crippen LogP contribution in [-0.4, -0.2) is 22.5 Å². The lowest BCUT2D eigenvalue weighted by molar-refractivity contribution is -0.390. The zero-order valence-corrected chi connectivity index (χ0v) is 12.6. The molecule has 0 N–H and O–H groups in total. The molecule has 7 nitrogen and oxygen atoms in total. The van der Waals surface area contributed by atoms with Gasteiger partial charge in [0.2, 0.25) is 5.75 Å². The number of pyridine rings is 1. The van der Waals surface area contributed by atoms with Crippen molar-refractivity contribution >= 4 is 11.8 Å². The molecule has 2 rings (SSSR count). The molecule has 120 valence electrons. The first-order valence-electron chi connectivity index (χ1n) is 7.10. The summed E-state index contributed by atoms with van der Waals surface area (Å²) in [5.41, 5.74) is 1.23. The Kier molecular flexibility index (Phi) is 5.62. The van der Waals surface area contributed by atoms with Crippen molar-refractivity contribution in [3.05, 3.63) is 63.8 Å². The summed E-state index contributed by atoms with van der Waals surface area (Å²) in [5, 5.41) is 10.9. The number of carbonyl (C=O) groups is 1. The van der Waals surface area contributed by atoms with Crippen molar-refractivity contribution in [1.29, 1.82) is 0 Å². The minimum Gasteiger partial charge on any atom is -0.481 e. The first kappa shape index (κ1) is 16.4. The lowest BCUT2D eigenvalue weighted by Gasteiger charge is -2.07. The number of benzene rings is 1. The van der Waals surface area contributed by atoms with E-state index >= 15 is 0 Å². The molecule has 0 unspecified atom stereocenters. The summed E-state index contributed by atoms with van der Waals surface area (Å²) in [5.74, 6) is -0.599. The molecule has 1 aromatic carbocycles. The second kappa shape index (κ2) is 7.88. The fraction of sp³-hybridized carbons (Fsp3) is 0.250. The van der Waals surface area contributed by atoms with Crippen LogP contribution in [-0.2, 0) is 11.3 Å². The van der Waals surface area contributed by atoms with Gasteiger partial charge in [-0.15, -0.1) is 0 Å². The molecule has 1 heterocycles. The topological polar surface area (TPSA) is 91.6 Å². The second-order valence-corrected chi connectivity index (χ2v) is 4.70. The number of carbonyl (C=O) groups excluding carboxylic acids is 1. The molecular formula is C16H16N2O5. The number of nitrogens with zero attached hydrogens (tertiary/aromatic N) is 2. The van der Waals surface area contributed by atoms with Crippen molar-refractivity contribution < 1.29 is 19.2 Å². The summed E-state index contributed by atoms with van der Waals surface area (Å²) in [6, 6.07) is 9.74. The molecule has 0 saturated carbocycles. The van der Waals surface area contributed by atoms with Crippen LogP contribution in [0.15, 0.2) is 42.6 Å². The van der Waals surface area contributed by atoms with Crippen LogP contribution < -0.4 is 4.74 Å². The highest BCUT2D eigenvalue weighted by molar-refractivity contribution is 5.89. The van der Waals surface area contributed by atoms with Gasteiger partial charge in [-0.2, -0.15) is 0 Å². The van der Waals surface area contributed by atoms with E-state index in [1.807, 2.05) is 6.92 Å². The number of hydrogen-bond acceptors (Lipinski definition) is 6. The third kappa shape index (κ3) is 4.50. The summed E-state index contributed by atoms with van der Waals surface area (Å²) >= 11 is 0. The van der Waals surface area contributed by atoms with E-state index in [-0.39, 0.29) is 24.1 Å². The van der Waals surface area contributed by atoms with Crippen LogP contribution >= 0.6 is 0 Å². The molecular weight excluding hydrogens is 300 g/mol. The van der Waals surface area contributed by atoms with Crippen LogP contribution in [0.4, 0.5) is 5.82 Å². The molecule has 0 atom stereocenters. The van der Waals surface area contributed by atoms with Gasteiger partial charge >= 0.3 is 11.8 Å². The van der Waals surface area contributed by atoms with Gasteiger partial charge in [-0.05, 0) is 46.2 Å². The molecule has 0 aliphatic heterocycles. The maximum Gasteiger partial charge on any atom is 0.406 e. The lowest BCUT2D eigenvalue weighted by atomic mass is 10.1. The molecule has 0 spiro atoms. The van der Waals surface area contributed by atoms with Crippen LogP contribution in [0.1, 0.15) is 29.3 Å². The predicted octanol–water partition coefficient (Wildman–Crippen LogP) is 3.14. The zero-order chi connectivity index (χ0) is 16.7. The van der Waals surface area contributed by atoms with E-state index < -0.39 is 4.92 Å². The lowest BCUT2D eigenvalue weighted by Crippen LogP contribution is -2.06. The Morgan fingerprint density at radius 1 is 1.26 bits per heavy atom. The number of ether oxygens (including phenoxy) is 2. The Morgan fingerprint density at radius 2 is 2.00 bits per heavy atom. The largest absolute Gasteiger partial charge is 0.481 e. The average molecular weight is 316 g/mol. The van der Waals surface area contributed by atoms with Crippen LogP contribution in [0.25, 0.3) is 0 Å². The van der Waals surface area contributed by atoms with E-state index in [1.54, 1.807) is 30.3 Å². The minimum absolute atomic E-state index is 0.101. The monoisotopic (exact) mass is 316 g/mol. The molecule has 0 radical (unpaired) electrons. The van der Waals surface area contributed by atoms with Crippen molar-refractivity contribution in [3.8, 4) is 5.75 Å². The van der Waals surface area contributed by atoms with Crippen LogP contribution in [0, 0.1) is 10.1 Å². The molecule has 0 aliphatic rings. The average Bonchev–Trinajstić information content (AvgIpc) is 2.58. The second-order valence-electron chi connectivity index (χ2n) is 4.70. The Morgan fingerprint density at radius 3 is 2.65 bits per heavy atom. The van der Waals surface area contributed by atoms with E-state index in [0.29, 0.717) is 12.2 Å². The van der Waals surface area contributed by atoms with E-state index in [0.717, 1.165) is 12.0 Å². The maximum absolute atomic E-state index is 11.7. The van der Waals surface area contributed by atoms with Gasteiger partial charge in [-0.25, -0.2) is 4.79 Å². The molecule has 2 aromatic rings. The van der Waals surface area contributed by atoms with Gasteiger partial charge in [0.05, 0.1) is 12.2 Å². The fourth-order valence-electron chi connectivity index (χ4n) is 1.81. The number of aromatic nitrogens is 1. The molecule has 23 heavy (non-hydrogen) atoms. The smallest absolute Gasteiger partial charge is 0.406 e. The van der Waals surface area contributed by atoms with Crippen molar-refractivity contribution in [3.63, 3.8) is 0 Å². The Bertz CT molecular complexity index is 685. The summed E-state index contributed by atoms with van der Waals surface area (Å²) in [6.45, 7) is 2.44. The third-order valence-corrected chi connectivity index (χ3v) is 2.95. The maximum atomic E-state index is 11.7. The van der Waals surface area contributed by atoms with Crippen molar-refractivity contribution in [2.75, 3.05) is 6.61 Å². The normalized spacial score (nSPS) is 10.1. The molecule has 7 heteroatoms. The Hall–Kier alpha value is -2.96. The van der Waals surface area contributed by atoms with Crippen LogP contribution in [0.2, 0.25) is 0 Å². The van der Waals surface area contributed by atoms with Gasteiger partial charge in [-0.1, -0.05) is 19.1 Å². The van der Waals surface area contributed by atoms with Crippen molar-refractivity contribution in [2.45, 2.75) is 20.0 Å². The first-order chi connectivity index (χ1) is 11.1. The van der Waals surface area contributed by atoms with Crippen LogP contribution in [0.3, 0.4) is 0 Å². The van der Waals surface area contributed by atoms with Gasteiger partial charge in [0.15, 0.2) is 0 Å². The molecule has 0 fully saturated rings. The van der Waals surface area contributed by atoms with Crippen molar-refractivity contribution in [2.24, 2.45) is 0 Å². The number of nitro groups is 1. The fourth-order valence-corrected chi connectivity index (χ4v) is 1.81. The highest BCUT2D eigenvalue weighted by Crippen LogP contribution is 2.23. The predicted molar refractivity (Wildman–Crippen MR) is 82.2 cm³/mol. The number of hydrogen-bond donors (Lipinski definition) is 0. The van der Waals surface area contributed by atoms with E-state index in [9.17, 15) is 14.9 Å². The molecule has 0 saturated heterocycles. The Labute approximate surface area is 133 Å². The van der Waals surface area contributed by atoms with Gasteiger partial charge in [0, 0.05) is 0 Å². The molecule has 0 aliphatic carbocycles. The highest BCUT2D eigenvalue weighted by Gasteiger charge is 2.15. The SMILES string of the molecule is CCCOC(=O)c1ccc(COc2cccnc2[N+](=O)[O-])cc1. The van der Waals surface area contributed by atoms with Gasteiger partial charge in [0.1, 0.15) is 12.8 Å². The summed E-state index contributed by atoms with van der Waals surface area (Å²) < 4.78 is 10.5. The standard InChI is InChI=1S/C16H16N2O5/c1-2-10-22-16(19)13-7-5-12(6-8-13)11-23-14-4-3-9-17-15(14)18(20)21/h3-9H,2,10-11H2,1H3. The van der Waals surface area contributed by atoms with E-state index in [2.05, 4.69) is 4.98 Å². The summed E-state index contributed by atoms with van der Waals surface area (Å²) in [4.78, 5) is 25.6. The number of esters is 1. The summed E-state index contributed by atoms with van der Waals surface area (Å²) in [6.07, 6.45) is 2.10. The third-order valence-electron chi connectivity index (χ3n) is 2.95. The van der Waals surface area contributed by atoms with Gasteiger partial charge in [-0.3, -0.25) is 0 Å². The first-order valence-corrected chi connectivity index (χ1v) is 7.10. The molecule has 1 aromatic heterocycles. The van der Waals surface area contributed by atoms with Gasteiger partial charge < -0.3 is 19.6 Å². The van der Waals surface area contributed by atoms with E-state index in [4.69, 9.17) is 9.47 Å². The van der Waals surface area contributed by atoms with Gasteiger partial charge in [0.25, 0.3) is 0 Å². The Balaban J connectivity index is 1.99. The number of rotatable bonds is 7. The summed E-state index contributed by atoms with van der Waals surface area (Å²) in [7, 11) is 0. The highest BCUT2D eigenvalue weighted by atomic mass is 16.6. The van der Waals surface area contributed by atoms with E-state index in [1.165, 1.54) is 12.3 Å². The minimum atomic E-state index is -0.595. The van der Waals surface area contributed by atoms with Crippen LogP contribution in [0.5, 0.6) is 5.75 Å². The zero-order valence-electron chi connectivity index (χ0n) is 12.6. The quantitative estimate of drug-likeness (QED) is 0.443. The van der Waals surface area contributed by atoms with Crippen molar-refractivity contribution in [1.82, 2.24) is 4.98 Å². The molecule has 0 amide bonds.